The summed E-state index contributed by atoms with van der Waals surface area (Å²) < 4.78 is 5.29. The van der Waals surface area contributed by atoms with Gasteiger partial charge >= 0.3 is 5.97 Å². The summed E-state index contributed by atoms with van der Waals surface area (Å²) >= 11 is 1.46. The minimum atomic E-state index is -0.290. The summed E-state index contributed by atoms with van der Waals surface area (Å²) in [6.07, 6.45) is 0. The molecule has 3 nitrogen and oxygen atoms in total. The predicted octanol–water partition coefficient (Wildman–Crippen LogP) is 3.78. The van der Waals surface area contributed by atoms with Gasteiger partial charge in [-0.2, -0.15) is 5.26 Å². The first-order chi connectivity index (χ1) is 10.2. The third kappa shape index (κ3) is 4.37. The lowest BCUT2D eigenvalue weighted by Gasteiger charge is -2.11. The Labute approximate surface area is 128 Å². The first kappa shape index (κ1) is 15.1. The standard InChI is InChI=1S/C17H15NO2S/c1-13(21-16-9-3-2-4-10-16)17(19)20-12-15-8-6-5-7-14(15)11-18/h2-10,13H,12H2,1H3/t13-/m1/s1. The van der Waals surface area contributed by atoms with Crippen LogP contribution in [0.15, 0.2) is 59.5 Å². The van der Waals surface area contributed by atoms with Crippen molar-refractivity contribution in [3.63, 3.8) is 0 Å². The van der Waals surface area contributed by atoms with Crippen LogP contribution >= 0.6 is 11.8 Å². The first-order valence-corrected chi connectivity index (χ1v) is 7.45. The summed E-state index contributed by atoms with van der Waals surface area (Å²) in [5.74, 6) is -0.281. The van der Waals surface area contributed by atoms with Crippen LogP contribution in [0, 0.1) is 11.3 Å². The van der Waals surface area contributed by atoms with Crippen LogP contribution in [-0.4, -0.2) is 11.2 Å². The molecular formula is C17H15NO2S. The van der Waals surface area contributed by atoms with Gasteiger partial charge < -0.3 is 4.74 Å². The number of esters is 1. The Bertz CT molecular complexity index is 649. The van der Waals surface area contributed by atoms with Gasteiger partial charge in [-0.15, -0.1) is 11.8 Å². The highest BCUT2D eigenvalue weighted by Crippen LogP contribution is 2.23. The van der Waals surface area contributed by atoms with Crippen LogP contribution in [0.4, 0.5) is 0 Å². The van der Waals surface area contributed by atoms with E-state index in [1.165, 1.54) is 11.8 Å². The number of hydrogen-bond acceptors (Lipinski definition) is 4. The second-order valence-electron chi connectivity index (χ2n) is 4.45. The average molecular weight is 297 g/mol. The van der Waals surface area contributed by atoms with Crippen molar-refractivity contribution in [3.05, 3.63) is 65.7 Å². The predicted molar refractivity (Wildman–Crippen MR) is 82.7 cm³/mol. The van der Waals surface area contributed by atoms with Gasteiger partial charge in [0.2, 0.25) is 0 Å². The largest absolute Gasteiger partial charge is 0.460 e. The third-order valence-corrected chi connectivity index (χ3v) is 3.99. The van der Waals surface area contributed by atoms with Crippen molar-refractivity contribution in [2.24, 2.45) is 0 Å². The van der Waals surface area contributed by atoms with Gasteiger partial charge in [-0.1, -0.05) is 36.4 Å². The topological polar surface area (TPSA) is 50.1 Å². The molecule has 0 N–H and O–H groups in total. The van der Waals surface area contributed by atoms with Crippen LogP contribution < -0.4 is 0 Å². The molecule has 0 saturated carbocycles. The van der Waals surface area contributed by atoms with Crippen molar-refractivity contribution >= 4 is 17.7 Å². The van der Waals surface area contributed by atoms with Gasteiger partial charge in [0.15, 0.2) is 0 Å². The molecule has 0 unspecified atom stereocenters. The minimum absolute atomic E-state index is 0.127. The Kier molecular flexibility index (Phi) is 5.42. The lowest BCUT2D eigenvalue weighted by molar-refractivity contribution is -0.143. The molecule has 0 aliphatic carbocycles. The maximum Gasteiger partial charge on any atom is 0.319 e. The smallest absolute Gasteiger partial charge is 0.319 e. The van der Waals surface area contributed by atoms with Crippen LogP contribution in [-0.2, 0) is 16.1 Å². The van der Waals surface area contributed by atoms with E-state index in [0.29, 0.717) is 5.56 Å². The highest BCUT2D eigenvalue weighted by atomic mass is 32.2. The van der Waals surface area contributed by atoms with Crippen molar-refractivity contribution in [1.82, 2.24) is 0 Å². The molecule has 0 heterocycles. The van der Waals surface area contributed by atoms with Crippen molar-refractivity contribution in [2.45, 2.75) is 23.7 Å². The second-order valence-corrected chi connectivity index (χ2v) is 5.86. The number of carbonyl (C=O) groups excluding carboxylic acids is 1. The Hall–Kier alpha value is -2.25. The highest BCUT2D eigenvalue weighted by molar-refractivity contribution is 8.00. The molecule has 2 aromatic rings. The Morgan fingerprint density at radius 2 is 1.86 bits per heavy atom. The van der Waals surface area contributed by atoms with Crippen LogP contribution in [0.25, 0.3) is 0 Å². The van der Waals surface area contributed by atoms with Crippen LogP contribution in [0.2, 0.25) is 0 Å². The van der Waals surface area contributed by atoms with Crippen LogP contribution in [0.1, 0.15) is 18.1 Å². The summed E-state index contributed by atoms with van der Waals surface area (Å²) in [6.45, 7) is 1.94. The quantitative estimate of drug-likeness (QED) is 0.622. The maximum absolute atomic E-state index is 12.0. The molecule has 0 aliphatic rings. The number of thioether (sulfide) groups is 1. The fourth-order valence-electron chi connectivity index (χ4n) is 1.77. The number of nitrogens with zero attached hydrogens (tertiary/aromatic N) is 1. The van der Waals surface area contributed by atoms with Gasteiger partial charge in [0, 0.05) is 10.5 Å². The molecule has 21 heavy (non-hydrogen) atoms. The second kappa shape index (κ2) is 7.51. The van der Waals surface area contributed by atoms with Crippen LogP contribution in [0.5, 0.6) is 0 Å². The van der Waals surface area contributed by atoms with E-state index in [9.17, 15) is 4.79 Å². The number of nitriles is 1. The molecule has 0 radical (unpaired) electrons. The first-order valence-electron chi connectivity index (χ1n) is 6.57. The molecule has 0 bridgehead atoms. The average Bonchev–Trinajstić information content (AvgIpc) is 2.53. The summed E-state index contributed by atoms with van der Waals surface area (Å²) in [5, 5.41) is 8.70. The van der Waals surface area contributed by atoms with Crippen molar-refractivity contribution in [2.75, 3.05) is 0 Å². The minimum Gasteiger partial charge on any atom is -0.460 e. The third-order valence-electron chi connectivity index (χ3n) is 2.90. The SMILES string of the molecule is C[C@@H](Sc1ccccc1)C(=O)OCc1ccccc1C#N. The number of ether oxygens (including phenoxy) is 1. The normalized spacial score (nSPS) is 11.4. The van der Waals surface area contributed by atoms with E-state index < -0.39 is 0 Å². The van der Waals surface area contributed by atoms with E-state index in [0.717, 1.165) is 10.5 Å². The fourth-order valence-corrected chi connectivity index (χ4v) is 2.66. The molecular weight excluding hydrogens is 282 g/mol. The van der Waals surface area contributed by atoms with Crippen molar-refractivity contribution in [3.8, 4) is 6.07 Å². The van der Waals surface area contributed by atoms with E-state index >= 15 is 0 Å². The zero-order valence-electron chi connectivity index (χ0n) is 11.7. The molecule has 0 saturated heterocycles. The van der Waals surface area contributed by atoms with E-state index in [1.807, 2.05) is 43.3 Å². The zero-order valence-corrected chi connectivity index (χ0v) is 12.5. The molecule has 0 aliphatic heterocycles. The molecule has 0 amide bonds. The van der Waals surface area contributed by atoms with E-state index in [1.54, 1.807) is 18.2 Å². The Morgan fingerprint density at radius 3 is 2.57 bits per heavy atom. The van der Waals surface area contributed by atoms with Crippen molar-refractivity contribution < 1.29 is 9.53 Å². The van der Waals surface area contributed by atoms with Gasteiger partial charge in [0.25, 0.3) is 0 Å². The summed E-state index contributed by atoms with van der Waals surface area (Å²) in [5.41, 5.74) is 1.26. The molecule has 0 spiro atoms. The van der Waals surface area contributed by atoms with Gasteiger partial charge in [-0.25, -0.2) is 0 Å². The lowest BCUT2D eigenvalue weighted by atomic mass is 10.1. The molecule has 106 valence electrons. The molecule has 1 atom stereocenters. The lowest BCUT2D eigenvalue weighted by Crippen LogP contribution is -2.17. The summed E-state index contributed by atoms with van der Waals surface area (Å²) in [6, 6.07) is 18.9. The summed E-state index contributed by atoms with van der Waals surface area (Å²) in [4.78, 5) is 13.0. The van der Waals surface area contributed by atoms with E-state index in [-0.39, 0.29) is 17.8 Å². The Balaban J connectivity index is 1.91. The summed E-state index contributed by atoms with van der Waals surface area (Å²) in [7, 11) is 0. The molecule has 0 aromatic heterocycles. The Morgan fingerprint density at radius 1 is 1.19 bits per heavy atom. The van der Waals surface area contributed by atoms with Crippen LogP contribution in [0.3, 0.4) is 0 Å². The van der Waals surface area contributed by atoms with Crippen molar-refractivity contribution in [1.29, 1.82) is 5.26 Å². The number of benzene rings is 2. The molecule has 2 rings (SSSR count). The number of carbonyl (C=O) groups is 1. The monoisotopic (exact) mass is 297 g/mol. The molecule has 0 fully saturated rings. The van der Waals surface area contributed by atoms with E-state index in [4.69, 9.17) is 10.00 Å². The van der Waals surface area contributed by atoms with Gasteiger partial charge in [0.05, 0.1) is 11.6 Å². The van der Waals surface area contributed by atoms with E-state index in [2.05, 4.69) is 6.07 Å². The fraction of sp³-hybridized carbons (Fsp3) is 0.176. The maximum atomic E-state index is 12.0. The number of rotatable bonds is 5. The van der Waals surface area contributed by atoms with Gasteiger partial charge in [-0.05, 0) is 25.1 Å². The molecule has 2 aromatic carbocycles. The van der Waals surface area contributed by atoms with Gasteiger partial charge in [-0.3, -0.25) is 4.79 Å². The molecule has 4 heteroatoms. The number of hydrogen-bond donors (Lipinski definition) is 0. The zero-order chi connectivity index (χ0) is 15.1. The highest BCUT2D eigenvalue weighted by Gasteiger charge is 2.16. The van der Waals surface area contributed by atoms with Gasteiger partial charge in [0.1, 0.15) is 11.9 Å².